The number of esters is 1. The molecule has 0 saturated carbocycles. The average Bonchev–Trinajstić information content (AvgIpc) is 3.00. The first-order valence-electron chi connectivity index (χ1n) is 14.0. The minimum Gasteiger partial charge on any atom is -0.465 e. The van der Waals surface area contributed by atoms with Crippen LogP contribution in [0.2, 0.25) is 0 Å². The van der Waals surface area contributed by atoms with Crippen LogP contribution < -0.4 is 14.5 Å². The number of alkyl halides is 3. The molecule has 2 aliphatic heterocycles. The molecule has 234 valence electrons. The van der Waals surface area contributed by atoms with Crippen molar-refractivity contribution >= 4 is 44.7 Å². The fraction of sp³-hybridized carbons (Fsp3) is 0.258. The summed E-state index contributed by atoms with van der Waals surface area (Å²) in [6.07, 6.45) is -3.59. The maximum absolute atomic E-state index is 14.1. The van der Waals surface area contributed by atoms with Gasteiger partial charge in [-0.2, -0.15) is 13.2 Å². The number of hydrogen-bond donors (Lipinski definition) is 1. The van der Waals surface area contributed by atoms with Gasteiger partial charge < -0.3 is 19.9 Å². The van der Waals surface area contributed by atoms with Crippen molar-refractivity contribution in [1.29, 1.82) is 0 Å². The summed E-state index contributed by atoms with van der Waals surface area (Å²) in [6.45, 7) is 5.21. The lowest BCUT2D eigenvalue weighted by Gasteiger charge is -2.34. The molecule has 0 amide bonds. The molecule has 10 nitrogen and oxygen atoms in total. The Labute approximate surface area is 258 Å². The maximum Gasteiger partial charge on any atom is 0.416 e. The third kappa shape index (κ3) is 5.78. The summed E-state index contributed by atoms with van der Waals surface area (Å²) in [5.41, 5.74) is 0.951. The van der Waals surface area contributed by atoms with Crippen LogP contribution in [-0.2, 0) is 20.9 Å². The number of ether oxygens (including phenoxy) is 1. The monoisotopic (exact) mass is 638 g/mol. The lowest BCUT2D eigenvalue weighted by atomic mass is 10.0. The fourth-order valence-corrected chi connectivity index (χ4v) is 7.03. The summed E-state index contributed by atoms with van der Waals surface area (Å²) in [7, 11) is -1.27. The molecule has 1 N–H and O–H groups in total. The zero-order chi connectivity index (χ0) is 32.1. The number of likely N-dealkylation sites (N-methyl/N-ethyl adjacent to an activating group) is 1. The molecule has 14 heteroatoms. The number of sulfonamides is 1. The minimum absolute atomic E-state index is 0.0106. The number of nitrogens with one attached hydrogen (secondary N) is 1. The van der Waals surface area contributed by atoms with Crippen LogP contribution in [-0.4, -0.2) is 69.6 Å². The Hall–Kier alpha value is -4.69. The number of anilines is 5. The Morgan fingerprint density at radius 2 is 1.67 bits per heavy atom. The number of methoxy groups -OCH3 is 1. The van der Waals surface area contributed by atoms with Crippen molar-refractivity contribution in [1.82, 2.24) is 14.9 Å². The van der Waals surface area contributed by atoms with Gasteiger partial charge in [-0.05, 0) is 80.2 Å². The van der Waals surface area contributed by atoms with Crippen LogP contribution in [0.3, 0.4) is 0 Å². The van der Waals surface area contributed by atoms with Gasteiger partial charge >= 0.3 is 12.1 Å². The molecule has 2 aliphatic rings. The normalized spacial score (nSPS) is 16.1. The van der Waals surface area contributed by atoms with Gasteiger partial charge in [0.15, 0.2) is 0 Å². The molecule has 0 radical (unpaired) electrons. The Balaban J connectivity index is 1.41. The standard InChI is InChI=1S/C31H29F3N6O4S/c1-19-14-21(31(32,33)34)17-24(15-19)40-26-16-20(29(41)44-3)4-9-25(26)28-27(45(40,42)43)18-35-30(37-28)36-22-5-7-23(8-6-22)39-12-10-38(2)11-13-39/h4-9,14-18H,10-13H2,1-3H3,(H,35,36,37). The van der Waals surface area contributed by atoms with E-state index in [2.05, 4.69) is 32.1 Å². The van der Waals surface area contributed by atoms with Gasteiger partial charge in [0, 0.05) is 43.1 Å². The van der Waals surface area contributed by atoms with Crippen LogP contribution in [0.15, 0.2) is 71.8 Å². The van der Waals surface area contributed by atoms with E-state index in [1.54, 1.807) is 0 Å². The molecule has 6 rings (SSSR count). The molecule has 4 aromatic rings. The number of piperazine rings is 1. The Kier molecular flexibility index (Phi) is 7.65. The van der Waals surface area contributed by atoms with Crippen LogP contribution >= 0.6 is 0 Å². The van der Waals surface area contributed by atoms with E-state index in [1.165, 1.54) is 38.3 Å². The number of fused-ring (bicyclic) bond motifs is 3. The van der Waals surface area contributed by atoms with Gasteiger partial charge in [0.25, 0.3) is 10.0 Å². The highest BCUT2D eigenvalue weighted by Gasteiger charge is 2.40. The SMILES string of the molecule is COC(=O)c1ccc2c(c1)N(c1cc(C)cc(C(F)(F)F)c1)S(=O)(=O)c1cnc(Nc3ccc(N4CCN(C)CC4)cc3)nc1-2. The van der Waals surface area contributed by atoms with Gasteiger partial charge in [-0.3, -0.25) is 0 Å². The van der Waals surface area contributed by atoms with E-state index in [0.29, 0.717) is 5.69 Å². The van der Waals surface area contributed by atoms with Crippen molar-refractivity contribution in [3.8, 4) is 11.3 Å². The van der Waals surface area contributed by atoms with Crippen LogP contribution in [0, 0.1) is 6.92 Å². The highest BCUT2D eigenvalue weighted by atomic mass is 32.2. The van der Waals surface area contributed by atoms with Gasteiger partial charge in [0.2, 0.25) is 5.95 Å². The summed E-state index contributed by atoms with van der Waals surface area (Å²) in [6, 6.07) is 14.9. The number of nitrogens with zero attached hydrogens (tertiary/aromatic N) is 5. The number of aryl methyl sites for hydroxylation is 1. The molecule has 0 aliphatic carbocycles. The Morgan fingerprint density at radius 1 is 0.956 bits per heavy atom. The highest BCUT2D eigenvalue weighted by molar-refractivity contribution is 7.93. The number of hydrogen-bond acceptors (Lipinski definition) is 9. The van der Waals surface area contributed by atoms with E-state index < -0.39 is 27.7 Å². The second-order valence-electron chi connectivity index (χ2n) is 10.9. The number of benzene rings is 3. The van der Waals surface area contributed by atoms with Gasteiger partial charge in [0.1, 0.15) is 4.90 Å². The predicted molar refractivity (Wildman–Crippen MR) is 164 cm³/mol. The van der Waals surface area contributed by atoms with Crippen molar-refractivity contribution < 1.29 is 31.1 Å². The van der Waals surface area contributed by atoms with Crippen LogP contribution in [0.1, 0.15) is 21.5 Å². The second-order valence-corrected chi connectivity index (χ2v) is 12.7. The topological polar surface area (TPSA) is 108 Å². The van der Waals surface area contributed by atoms with Crippen LogP contribution in [0.4, 0.5) is 41.9 Å². The smallest absolute Gasteiger partial charge is 0.416 e. The average molecular weight is 639 g/mol. The fourth-order valence-electron chi connectivity index (χ4n) is 5.46. The number of halogens is 3. The molecule has 0 unspecified atom stereocenters. The van der Waals surface area contributed by atoms with Gasteiger partial charge in [-0.1, -0.05) is 0 Å². The number of carbonyl (C=O) groups excluding carboxylic acids is 1. The predicted octanol–water partition coefficient (Wildman–Crippen LogP) is 5.59. The third-order valence-electron chi connectivity index (χ3n) is 7.78. The van der Waals surface area contributed by atoms with Gasteiger partial charge in [-0.25, -0.2) is 27.5 Å². The molecule has 3 heterocycles. The number of rotatable bonds is 5. The second kappa shape index (κ2) is 11.3. The van der Waals surface area contributed by atoms with E-state index in [4.69, 9.17) is 4.74 Å². The molecular formula is C31H29F3N6O4S. The van der Waals surface area contributed by atoms with Crippen molar-refractivity contribution in [3.63, 3.8) is 0 Å². The highest BCUT2D eigenvalue weighted by Crippen LogP contribution is 2.47. The summed E-state index contributed by atoms with van der Waals surface area (Å²) in [5.74, 6) is -0.631. The first-order chi connectivity index (χ1) is 21.3. The molecule has 45 heavy (non-hydrogen) atoms. The molecule has 3 aromatic carbocycles. The molecule has 1 aromatic heterocycles. The van der Waals surface area contributed by atoms with E-state index in [9.17, 15) is 26.4 Å². The minimum atomic E-state index is -4.72. The maximum atomic E-state index is 14.1. The first-order valence-corrected chi connectivity index (χ1v) is 15.4. The van der Waals surface area contributed by atoms with Crippen molar-refractivity contribution in [2.75, 3.05) is 54.9 Å². The molecule has 1 saturated heterocycles. The van der Waals surface area contributed by atoms with E-state index in [1.807, 2.05) is 24.3 Å². The largest absolute Gasteiger partial charge is 0.465 e. The lowest BCUT2D eigenvalue weighted by Crippen LogP contribution is -2.44. The van der Waals surface area contributed by atoms with Crippen LogP contribution in [0.5, 0.6) is 0 Å². The molecule has 0 spiro atoms. The summed E-state index contributed by atoms with van der Waals surface area (Å²) >= 11 is 0. The summed E-state index contributed by atoms with van der Waals surface area (Å²) in [4.78, 5) is 25.4. The van der Waals surface area contributed by atoms with Crippen molar-refractivity contribution in [2.45, 2.75) is 18.0 Å². The Morgan fingerprint density at radius 3 is 2.33 bits per heavy atom. The summed E-state index contributed by atoms with van der Waals surface area (Å²) < 4.78 is 75.0. The van der Waals surface area contributed by atoms with Gasteiger partial charge in [-0.15, -0.1) is 0 Å². The van der Waals surface area contributed by atoms with E-state index >= 15 is 0 Å². The number of aromatic nitrogens is 2. The molecule has 0 bridgehead atoms. The van der Waals surface area contributed by atoms with E-state index in [0.717, 1.165) is 54.5 Å². The zero-order valence-electron chi connectivity index (χ0n) is 24.6. The summed E-state index contributed by atoms with van der Waals surface area (Å²) in [5, 5.41) is 3.11. The third-order valence-corrected chi connectivity index (χ3v) is 9.52. The van der Waals surface area contributed by atoms with E-state index in [-0.39, 0.29) is 44.6 Å². The van der Waals surface area contributed by atoms with Crippen LogP contribution in [0.25, 0.3) is 11.3 Å². The first kappa shape index (κ1) is 30.3. The molecular weight excluding hydrogens is 609 g/mol. The zero-order valence-corrected chi connectivity index (χ0v) is 25.4. The Bertz CT molecular complexity index is 1890. The molecule has 1 fully saturated rings. The quantitative estimate of drug-likeness (QED) is 0.280. The number of carbonyl (C=O) groups is 1. The molecule has 0 atom stereocenters. The van der Waals surface area contributed by atoms with Crippen molar-refractivity contribution in [3.05, 3.63) is 83.6 Å². The van der Waals surface area contributed by atoms with Gasteiger partial charge in [0.05, 0.1) is 41.5 Å². The van der Waals surface area contributed by atoms with Crippen molar-refractivity contribution in [2.24, 2.45) is 0 Å². The lowest BCUT2D eigenvalue weighted by molar-refractivity contribution is -0.137.